The molecule has 11 heavy (non-hydrogen) atoms. The Bertz CT molecular complexity index is 180. The minimum atomic E-state index is -0.864. The SMILES string of the molecule is C#C[C@@H](O)[C@H]1COC(C)(C)O1. The molecule has 1 saturated heterocycles. The summed E-state index contributed by atoms with van der Waals surface area (Å²) in [4.78, 5) is 0. The minimum absolute atomic E-state index is 0.359. The monoisotopic (exact) mass is 156 g/mol. The van der Waals surface area contributed by atoms with E-state index in [1.54, 1.807) is 13.8 Å². The number of aliphatic hydroxyl groups excluding tert-OH is 1. The van der Waals surface area contributed by atoms with E-state index in [-0.39, 0.29) is 6.10 Å². The van der Waals surface area contributed by atoms with Gasteiger partial charge in [-0.05, 0) is 13.8 Å². The predicted molar refractivity (Wildman–Crippen MR) is 39.7 cm³/mol. The zero-order valence-corrected chi connectivity index (χ0v) is 6.70. The third-order valence-electron chi connectivity index (χ3n) is 1.55. The Kier molecular flexibility index (Phi) is 2.19. The molecule has 0 radical (unpaired) electrons. The third kappa shape index (κ3) is 1.93. The molecule has 0 aromatic rings. The van der Waals surface area contributed by atoms with Crippen LogP contribution in [0.3, 0.4) is 0 Å². The van der Waals surface area contributed by atoms with Crippen molar-refractivity contribution in [3.63, 3.8) is 0 Å². The van der Waals surface area contributed by atoms with E-state index in [1.165, 1.54) is 0 Å². The topological polar surface area (TPSA) is 38.7 Å². The lowest BCUT2D eigenvalue weighted by molar-refractivity contribution is -0.146. The lowest BCUT2D eigenvalue weighted by atomic mass is 10.2. The second-order valence-corrected chi connectivity index (χ2v) is 2.98. The molecule has 1 N–H and O–H groups in total. The molecule has 62 valence electrons. The number of hydrogen-bond donors (Lipinski definition) is 1. The minimum Gasteiger partial charge on any atom is -0.378 e. The van der Waals surface area contributed by atoms with Gasteiger partial charge in [0.2, 0.25) is 0 Å². The van der Waals surface area contributed by atoms with Gasteiger partial charge in [0.15, 0.2) is 5.79 Å². The molecular weight excluding hydrogens is 144 g/mol. The molecule has 0 aliphatic carbocycles. The van der Waals surface area contributed by atoms with E-state index in [0.717, 1.165) is 0 Å². The normalized spacial score (nSPS) is 31.3. The number of rotatable bonds is 1. The van der Waals surface area contributed by atoms with Crippen LogP contribution >= 0.6 is 0 Å². The maximum Gasteiger partial charge on any atom is 0.163 e. The van der Waals surface area contributed by atoms with Gasteiger partial charge in [-0.3, -0.25) is 0 Å². The second-order valence-electron chi connectivity index (χ2n) is 2.98. The van der Waals surface area contributed by atoms with Crippen LogP contribution < -0.4 is 0 Å². The zero-order chi connectivity index (χ0) is 8.48. The Morgan fingerprint density at radius 2 is 2.36 bits per heavy atom. The van der Waals surface area contributed by atoms with Gasteiger partial charge in [0.05, 0.1) is 6.61 Å². The molecule has 3 heteroatoms. The van der Waals surface area contributed by atoms with Gasteiger partial charge in [-0.2, -0.15) is 0 Å². The van der Waals surface area contributed by atoms with Crippen molar-refractivity contribution in [1.29, 1.82) is 0 Å². The summed E-state index contributed by atoms with van der Waals surface area (Å²) in [5.41, 5.74) is 0. The average molecular weight is 156 g/mol. The van der Waals surface area contributed by atoms with E-state index < -0.39 is 11.9 Å². The van der Waals surface area contributed by atoms with Crippen molar-refractivity contribution in [3.8, 4) is 12.3 Å². The van der Waals surface area contributed by atoms with Crippen molar-refractivity contribution in [2.75, 3.05) is 6.61 Å². The summed E-state index contributed by atoms with van der Waals surface area (Å²) in [6, 6.07) is 0. The Morgan fingerprint density at radius 3 is 2.73 bits per heavy atom. The fraction of sp³-hybridized carbons (Fsp3) is 0.750. The van der Waals surface area contributed by atoms with Crippen molar-refractivity contribution in [3.05, 3.63) is 0 Å². The Labute approximate surface area is 66.3 Å². The Hall–Kier alpha value is -0.560. The van der Waals surface area contributed by atoms with Crippen LogP contribution in [0.4, 0.5) is 0 Å². The lowest BCUT2D eigenvalue weighted by Crippen LogP contribution is -2.29. The van der Waals surface area contributed by atoms with Crippen LogP contribution in [0.5, 0.6) is 0 Å². The van der Waals surface area contributed by atoms with Crippen LogP contribution in [0.1, 0.15) is 13.8 Å². The molecular formula is C8H12O3. The van der Waals surface area contributed by atoms with E-state index in [9.17, 15) is 0 Å². The molecule has 0 bridgehead atoms. The molecule has 2 atom stereocenters. The number of hydrogen-bond acceptors (Lipinski definition) is 3. The van der Waals surface area contributed by atoms with E-state index >= 15 is 0 Å². The van der Waals surface area contributed by atoms with Crippen LogP contribution in [0.2, 0.25) is 0 Å². The highest BCUT2D eigenvalue weighted by molar-refractivity contribution is 4.99. The maximum absolute atomic E-state index is 9.15. The highest BCUT2D eigenvalue weighted by Crippen LogP contribution is 2.23. The summed E-state index contributed by atoms with van der Waals surface area (Å²) in [6.07, 6.45) is 3.76. The summed E-state index contributed by atoms with van der Waals surface area (Å²) in [5.74, 6) is 1.59. The van der Waals surface area contributed by atoms with Crippen molar-refractivity contribution < 1.29 is 14.6 Å². The van der Waals surface area contributed by atoms with E-state index in [4.69, 9.17) is 21.0 Å². The van der Waals surface area contributed by atoms with Crippen LogP contribution in [0.25, 0.3) is 0 Å². The van der Waals surface area contributed by atoms with Crippen molar-refractivity contribution in [1.82, 2.24) is 0 Å². The van der Waals surface area contributed by atoms with Crippen LogP contribution in [-0.2, 0) is 9.47 Å². The first-order chi connectivity index (χ1) is 5.05. The number of aliphatic hydroxyl groups is 1. The smallest absolute Gasteiger partial charge is 0.163 e. The largest absolute Gasteiger partial charge is 0.378 e. The molecule has 0 amide bonds. The van der Waals surface area contributed by atoms with Crippen molar-refractivity contribution >= 4 is 0 Å². The van der Waals surface area contributed by atoms with Gasteiger partial charge in [-0.25, -0.2) is 0 Å². The van der Waals surface area contributed by atoms with E-state index in [2.05, 4.69) is 5.92 Å². The molecule has 0 aromatic heterocycles. The first-order valence-corrected chi connectivity index (χ1v) is 3.51. The predicted octanol–water partition coefficient (Wildman–Crippen LogP) is 0.132. The molecule has 0 unspecified atom stereocenters. The van der Waals surface area contributed by atoms with Gasteiger partial charge in [0.1, 0.15) is 12.2 Å². The fourth-order valence-corrected chi connectivity index (χ4v) is 0.978. The number of terminal acetylenes is 1. The standard InChI is InChI=1S/C8H12O3/c1-4-6(9)7-5-10-8(2,3)11-7/h1,6-7,9H,5H2,2-3H3/t6-,7-/m1/s1. The summed E-state index contributed by atoms with van der Waals surface area (Å²) in [6.45, 7) is 3.94. The lowest BCUT2D eigenvalue weighted by Gasteiger charge is -2.17. The van der Waals surface area contributed by atoms with Crippen molar-refractivity contribution in [2.45, 2.75) is 31.8 Å². The summed E-state index contributed by atoms with van der Waals surface area (Å²) in [7, 11) is 0. The van der Waals surface area contributed by atoms with Crippen LogP contribution in [-0.4, -0.2) is 29.7 Å². The fourth-order valence-electron chi connectivity index (χ4n) is 0.978. The van der Waals surface area contributed by atoms with Gasteiger partial charge in [0, 0.05) is 0 Å². The Balaban J connectivity index is 2.50. The zero-order valence-electron chi connectivity index (χ0n) is 6.70. The molecule has 0 aromatic carbocycles. The van der Waals surface area contributed by atoms with Crippen LogP contribution in [0.15, 0.2) is 0 Å². The van der Waals surface area contributed by atoms with Gasteiger partial charge in [-0.15, -0.1) is 6.42 Å². The highest BCUT2D eigenvalue weighted by atomic mass is 16.7. The van der Waals surface area contributed by atoms with E-state index in [0.29, 0.717) is 6.61 Å². The van der Waals surface area contributed by atoms with Gasteiger partial charge >= 0.3 is 0 Å². The van der Waals surface area contributed by atoms with E-state index in [1.807, 2.05) is 0 Å². The third-order valence-corrected chi connectivity index (χ3v) is 1.55. The quantitative estimate of drug-likeness (QED) is 0.548. The molecule has 1 fully saturated rings. The summed E-state index contributed by atoms with van der Waals surface area (Å²) in [5, 5.41) is 9.15. The summed E-state index contributed by atoms with van der Waals surface area (Å²) < 4.78 is 10.5. The summed E-state index contributed by atoms with van der Waals surface area (Å²) >= 11 is 0. The van der Waals surface area contributed by atoms with Gasteiger partial charge in [-0.1, -0.05) is 5.92 Å². The van der Waals surface area contributed by atoms with Gasteiger partial charge < -0.3 is 14.6 Å². The first-order valence-electron chi connectivity index (χ1n) is 3.51. The molecule has 3 nitrogen and oxygen atoms in total. The maximum atomic E-state index is 9.15. The second kappa shape index (κ2) is 2.82. The molecule has 0 saturated carbocycles. The highest BCUT2D eigenvalue weighted by Gasteiger charge is 2.35. The van der Waals surface area contributed by atoms with Crippen molar-refractivity contribution in [2.24, 2.45) is 0 Å². The molecule has 1 rings (SSSR count). The Morgan fingerprint density at radius 1 is 1.73 bits per heavy atom. The van der Waals surface area contributed by atoms with Gasteiger partial charge in [0.25, 0.3) is 0 Å². The number of ether oxygens (including phenoxy) is 2. The average Bonchev–Trinajstić information content (AvgIpc) is 2.29. The van der Waals surface area contributed by atoms with Crippen LogP contribution in [0, 0.1) is 12.3 Å². The first kappa shape index (κ1) is 8.54. The molecule has 1 aliphatic rings. The molecule has 1 aliphatic heterocycles. The molecule has 1 heterocycles. The molecule has 0 spiro atoms.